The standard InChI is InChI=1S/C15H16ClNO3/c16-13-3-1-2-12(10-13)14(17-11-18)4-6-15(7-5-14)19-8-9-20-15/h1-3,10H,4-9H2. The summed E-state index contributed by atoms with van der Waals surface area (Å²) in [6.07, 6.45) is 4.57. The summed E-state index contributed by atoms with van der Waals surface area (Å²) in [7, 11) is 0. The summed E-state index contributed by atoms with van der Waals surface area (Å²) in [6, 6.07) is 7.53. The van der Waals surface area contributed by atoms with Gasteiger partial charge in [0.15, 0.2) is 5.79 Å². The number of ether oxygens (including phenoxy) is 2. The van der Waals surface area contributed by atoms with Crippen LogP contribution in [0.2, 0.25) is 5.02 Å². The lowest BCUT2D eigenvalue weighted by Crippen LogP contribution is -2.41. The van der Waals surface area contributed by atoms with E-state index in [1.165, 1.54) is 0 Å². The van der Waals surface area contributed by atoms with E-state index in [0.717, 1.165) is 18.4 Å². The van der Waals surface area contributed by atoms with Crippen LogP contribution in [0.5, 0.6) is 0 Å². The van der Waals surface area contributed by atoms with Gasteiger partial charge in [0.25, 0.3) is 0 Å². The summed E-state index contributed by atoms with van der Waals surface area (Å²) in [4.78, 5) is 15.0. The summed E-state index contributed by atoms with van der Waals surface area (Å²) >= 11 is 6.06. The topological polar surface area (TPSA) is 47.9 Å². The molecule has 106 valence electrons. The van der Waals surface area contributed by atoms with Gasteiger partial charge in [0.05, 0.1) is 18.8 Å². The van der Waals surface area contributed by atoms with Crippen molar-refractivity contribution in [1.29, 1.82) is 0 Å². The number of rotatable bonds is 2. The van der Waals surface area contributed by atoms with Gasteiger partial charge < -0.3 is 9.47 Å². The molecule has 4 nitrogen and oxygen atoms in total. The Morgan fingerprint density at radius 2 is 1.85 bits per heavy atom. The predicted molar refractivity (Wildman–Crippen MR) is 74.4 cm³/mol. The minimum Gasteiger partial charge on any atom is -0.348 e. The lowest BCUT2D eigenvalue weighted by Gasteiger charge is -2.40. The smallest absolute Gasteiger partial charge is 0.235 e. The molecule has 20 heavy (non-hydrogen) atoms. The van der Waals surface area contributed by atoms with Crippen molar-refractivity contribution in [2.24, 2.45) is 4.99 Å². The van der Waals surface area contributed by atoms with Gasteiger partial charge >= 0.3 is 0 Å². The lowest BCUT2D eigenvalue weighted by atomic mass is 9.75. The van der Waals surface area contributed by atoms with Gasteiger partial charge in [-0.2, -0.15) is 4.99 Å². The molecule has 1 aromatic carbocycles. The second-order valence-electron chi connectivity index (χ2n) is 5.35. The zero-order valence-electron chi connectivity index (χ0n) is 11.1. The van der Waals surface area contributed by atoms with E-state index in [1.807, 2.05) is 24.3 Å². The van der Waals surface area contributed by atoms with Gasteiger partial charge in [-0.15, -0.1) is 0 Å². The van der Waals surface area contributed by atoms with Crippen LogP contribution in [0.15, 0.2) is 29.3 Å². The molecule has 0 atom stereocenters. The van der Waals surface area contributed by atoms with Crippen molar-refractivity contribution in [3.63, 3.8) is 0 Å². The zero-order chi connectivity index (χ0) is 14.1. The Bertz CT molecular complexity index is 538. The van der Waals surface area contributed by atoms with Gasteiger partial charge in [-0.3, -0.25) is 0 Å². The van der Waals surface area contributed by atoms with E-state index < -0.39 is 11.3 Å². The third-order valence-electron chi connectivity index (χ3n) is 4.27. The average Bonchev–Trinajstić information content (AvgIpc) is 2.91. The maximum atomic E-state index is 10.9. The van der Waals surface area contributed by atoms with Crippen molar-refractivity contribution in [1.82, 2.24) is 0 Å². The van der Waals surface area contributed by atoms with E-state index >= 15 is 0 Å². The molecule has 2 fully saturated rings. The van der Waals surface area contributed by atoms with Gasteiger partial charge in [0.2, 0.25) is 6.08 Å². The number of hydrogen-bond acceptors (Lipinski definition) is 4. The third-order valence-corrected chi connectivity index (χ3v) is 4.51. The van der Waals surface area contributed by atoms with Crippen LogP contribution in [0.25, 0.3) is 0 Å². The van der Waals surface area contributed by atoms with E-state index in [4.69, 9.17) is 21.1 Å². The van der Waals surface area contributed by atoms with Crippen molar-refractivity contribution >= 4 is 17.7 Å². The molecular weight excluding hydrogens is 278 g/mol. The van der Waals surface area contributed by atoms with Crippen molar-refractivity contribution in [2.75, 3.05) is 13.2 Å². The number of nitrogens with zero attached hydrogens (tertiary/aromatic N) is 1. The molecule has 1 heterocycles. The maximum absolute atomic E-state index is 10.9. The molecule has 1 aromatic rings. The Morgan fingerprint density at radius 3 is 2.45 bits per heavy atom. The van der Waals surface area contributed by atoms with Crippen LogP contribution < -0.4 is 0 Å². The highest BCUT2D eigenvalue weighted by Crippen LogP contribution is 2.47. The van der Waals surface area contributed by atoms with E-state index in [-0.39, 0.29) is 0 Å². The van der Waals surface area contributed by atoms with Crippen molar-refractivity contribution in [2.45, 2.75) is 37.0 Å². The molecule has 1 spiro atoms. The SMILES string of the molecule is O=C=NC1(c2cccc(Cl)c2)CCC2(CC1)OCCO2. The van der Waals surface area contributed by atoms with Gasteiger partial charge in [-0.1, -0.05) is 23.7 Å². The third kappa shape index (κ3) is 2.40. The highest BCUT2D eigenvalue weighted by Gasteiger charge is 2.47. The largest absolute Gasteiger partial charge is 0.348 e. The van der Waals surface area contributed by atoms with Crippen LogP contribution in [0.3, 0.4) is 0 Å². The second kappa shape index (κ2) is 5.30. The molecular formula is C15H16ClNO3. The van der Waals surface area contributed by atoms with E-state index in [0.29, 0.717) is 31.1 Å². The summed E-state index contributed by atoms with van der Waals surface area (Å²) in [5, 5.41) is 0.650. The predicted octanol–water partition coefficient (Wildman–Crippen LogP) is 3.19. The highest BCUT2D eigenvalue weighted by atomic mass is 35.5. The van der Waals surface area contributed by atoms with Crippen LogP contribution in [0.1, 0.15) is 31.2 Å². The monoisotopic (exact) mass is 293 g/mol. The van der Waals surface area contributed by atoms with Crippen molar-refractivity contribution in [3.05, 3.63) is 34.9 Å². The molecule has 0 radical (unpaired) electrons. The molecule has 5 heteroatoms. The lowest BCUT2D eigenvalue weighted by molar-refractivity contribution is -0.184. The highest BCUT2D eigenvalue weighted by molar-refractivity contribution is 6.30. The number of isocyanates is 1. The number of aliphatic imine (C=N–C) groups is 1. The first-order valence-corrected chi connectivity index (χ1v) is 7.19. The Labute approximate surface area is 122 Å². The van der Waals surface area contributed by atoms with Gasteiger partial charge in [-0.05, 0) is 30.5 Å². The quantitative estimate of drug-likeness (QED) is 0.621. The first kappa shape index (κ1) is 13.8. The fourth-order valence-corrected chi connectivity index (χ4v) is 3.35. The van der Waals surface area contributed by atoms with Crippen LogP contribution >= 0.6 is 11.6 Å². The average molecular weight is 294 g/mol. The molecule has 0 bridgehead atoms. The number of carbonyl (C=O) groups excluding carboxylic acids is 1. The Morgan fingerprint density at radius 1 is 1.15 bits per heavy atom. The second-order valence-corrected chi connectivity index (χ2v) is 5.79. The number of benzene rings is 1. The first-order chi connectivity index (χ1) is 9.68. The molecule has 2 aliphatic rings. The maximum Gasteiger partial charge on any atom is 0.235 e. The van der Waals surface area contributed by atoms with Gasteiger partial charge in [0, 0.05) is 17.9 Å². The van der Waals surface area contributed by atoms with Crippen LogP contribution in [0.4, 0.5) is 0 Å². The fraction of sp³-hybridized carbons (Fsp3) is 0.533. The first-order valence-electron chi connectivity index (χ1n) is 6.81. The Balaban J connectivity index is 1.89. The fourth-order valence-electron chi connectivity index (χ4n) is 3.16. The summed E-state index contributed by atoms with van der Waals surface area (Å²) in [5.74, 6) is -0.472. The Kier molecular flexibility index (Phi) is 3.65. The van der Waals surface area contributed by atoms with Crippen molar-refractivity contribution < 1.29 is 14.3 Å². The number of hydrogen-bond donors (Lipinski definition) is 0. The van der Waals surface area contributed by atoms with Gasteiger partial charge in [0.1, 0.15) is 0 Å². The normalized spacial score (nSPS) is 23.4. The minimum absolute atomic E-state index is 0.472. The summed E-state index contributed by atoms with van der Waals surface area (Å²) in [5.41, 5.74) is 0.411. The zero-order valence-corrected chi connectivity index (χ0v) is 11.9. The summed E-state index contributed by atoms with van der Waals surface area (Å²) in [6.45, 7) is 1.28. The molecule has 1 aliphatic carbocycles. The molecule has 0 aromatic heterocycles. The summed E-state index contributed by atoms with van der Waals surface area (Å²) < 4.78 is 11.4. The molecule has 3 rings (SSSR count). The molecule has 0 unspecified atom stereocenters. The van der Waals surface area contributed by atoms with Crippen LogP contribution in [-0.4, -0.2) is 25.1 Å². The Hall–Kier alpha value is -1.19. The molecule has 1 saturated heterocycles. The molecule has 1 aliphatic heterocycles. The van der Waals surface area contributed by atoms with Crippen LogP contribution in [0, 0.1) is 0 Å². The van der Waals surface area contributed by atoms with E-state index in [9.17, 15) is 4.79 Å². The van der Waals surface area contributed by atoms with Crippen LogP contribution in [-0.2, 0) is 19.8 Å². The van der Waals surface area contributed by atoms with Crippen molar-refractivity contribution in [3.8, 4) is 0 Å². The minimum atomic E-state index is -0.548. The van der Waals surface area contributed by atoms with E-state index in [1.54, 1.807) is 6.08 Å². The van der Waals surface area contributed by atoms with Gasteiger partial charge in [-0.25, -0.2) is 4.79 Å². The van der Waals surface area contributed by atoms with E-state index in [2.05, 4.69) is 4.99 Å². The molecule has 0 amide bonds. The molecule has 0 N–H and O–H groups in total. The number of halogens is 1. The molecule has 1 saturated carbocycles.